The predicted octanol–water partition coefficient (Wildman–Crippen LogP) is 2.30. The fourth-order valence-corrected chi connectivity index (χ4v) is 1.99. The van der Waals surface area contributed by atoms with Crippen molar-refractivity contribution in [3.8, 4) is 0 Å². The van der Waals surface area contributed by atoms with Gasteiger partial charge in [0, 0.05) is 36.3 Å². The summed E-state index contributed by atoms with van der Waals surface area (Å²) in [6.45, 7) is 4.14. The molecule has 0 saturated heterocycles. The number of benzene rings is 1. The first-order chi connectivity index (χ1) is 9.70. The van der Waals surface area contributed by atoms with Crippen molar-refractivity contribution in [1.29, 1.82) is 0 Å². The molecule has 2 aromatic rings. The van der Waals surface area contributed by atoms with E-state index in [0.717, 1.165) is 30.4 Å². The first-order valence-corrected chi connectivity index (χ1v) is 6.95. The highest BCUT2D eigenvalue weighted by Crippen LogP contribution is 2.18. The van der Waals surface area contributed by atoms with Crippen LogP contribution in [0.3, 0.4) is 0 Å². The van der Waals surface area contributed by atoms with E-state index in [1.54, 1.807) is 0 Å². The number of carbonyl (C=O) groups excluding carboxylic acids is 1. The van der Waals surface area contributed by atoms with Gasteiger partial charge in [-0.05, 0) is 37.1 Å². The summed E-state index contributed by atoms with van der Waals surface area (Å²) in [4.78, 5) is 15.1. The summed E-state index contributed by atoms with van der Waals surface area (Å²) in [7, 11) is 0. The summed E-state index contributed by atoms with van der Waals surface area (Å²) in [6.07, 6.45) is 1.84. The number of nitrogens with two attached hydrogens (primary N) is 1. The van der Waals surface area contributed by atoms with E-state index in [0.29, 0.717) is 24.5 Å². The zero-order chi connectivity index (χ0) is 14.4. The first-order valence-electron chi connectivity index (χ1n) is 6.95. The fraction of sp³-hybridized carbons (Fsp3) is 0.400. The summed E-state index contributed by atoms with van der Waals surface area (Å²) in [5.41, 5.74) is 7.88. The van der Waals surface area contributed by atoms with Crippen LogP contribution in [0.5, 0.6) is 0 Å². The van der Waals surface area contributed by atoms with Crippen LogP contribution in [0.2, 0.25) is 0 Å². The lowest BCUT2D eigenvalue weighted by Crippen LogP contribution is -2.25. The summed E-state index contributed by atoms with van der Waals surface area (Å²) in [6, 6.07) is 7.35. The van der Waals surface area contributed by atoms with Gasteiger partial charge in [-0.1, -0.05) is 6.92 Å². The Kier molecular flexibility index (Phi) is 5.01. The lowest BCUT2D eigenvalue weighted by Gasteiger charge is -2.04. The third kappa shape index (κ3) is 3.74. The lowest BCUT2D eigenvalue weighted by molar-refractivity contribution is 0.0937. The zero-order valence-corrected chi connectivity index (χ0v) is 11.7. The van der Waals surface area contributed by atoms with Crippen molar-refractivity contribution < 1.29 is 9.53 Å². The molecule has 0 bridgehead atoms. The Balaban J connectivity index is 1.85. The van der Waals surface area contributed by atoms with Crippen LogP contribution < -0.4 is 11.1 Å². The summed E-state index contributed by atoms with van der Waals surface area (Å²) < 4.78 is 5.36. The zero-order valence-electron chi connectivity index (χ0n) is 11.7. The van der Waals surface area contributed by atoms with Crippen LogP contribution in [0.15, 0.2) is 24.3 Å². The molecule has 4 N–H and O–H groups in total. The molecule has 108 valence electrons. The SMILES string of the molecule is CCCOCCCNC(=O)c1cc2cc(N)ccc2[nH]1. The van der Waals surface area contributed by atoms with E-state index >= 15 is 0 Å². The van der Waals surface area contributed by atoms with E-state index in [2.05, 4.69) is 17.2 Å². The molecule has 0 spiro atoms. The lowest BCUT2D eigenvalue weighted by atomic mass is 10.2. The molecule has 2 rings (SSSR count). The number of anilines is 1. The fourth-order valence-electron chi connectivity index (χ4n) is 1.99. The van der Waals surface area contributed by atoms with Gasteiger partial charge in [-0.2, -0.15) is 0 Å². The Morgan fingerprint density at radius 2 is 2.20 bits per heavy atom. The average Bonchev–Trinajstić information content (AvgIpc) is 2.85. The highest BCUT2D eigenvalue weighted by atomic mass is 16.5. The summed E-state index contributed by atoms with van der Waals surface area (Å²) >= 11 is 0. The van der Waals surface area contributed by atoms with Crippen LogP contribution in [0, 0.1) is 0 Å². The van der Waals surface area contributed by atoms with Crippen molar-refractivity contribution in [3.05, 3.63) is 30.0 Å². The summed E-state index contributed by atoms with van der Waals surface area (Å²) in [5.74, 6) is -0.102. The van der Waals surface area contributed by atoms with Gasteiger partial charge in [0.1, 0.15) is 5.69 Å². The minimum Gasteiger partial charge on any atom is -0.399 e. The van der Waals surface area contributed by atoms with Gasteiger partial charge in [0.2, 0.25) is 0 Å². The number of fused-ring (bicyclic) bond motifs is 1. The van der Waals surface area contributed by atoms with Gasteiger partial charge in [-0.25, -0.2) is 0 Å². The van der Waals surface area contributed by atoms with E-state index in [-0.39, 0.29) is 5.91 Å². The van der Waals surface area contributed by atoms with Gasteiger partial charge in [0.25, 0.3) is 5.91 Å². The quantitative estimate of drug-likeness (QED) is 0.536. The number of hydrogen-bond donors (Lipinski definition) is 3. The molecule has 0 radical (unpaired) electrons. The minimum absolute atomic E-state index is 0.102. The number of ether oxygens (including phenoxy) is 1. The number of rotatable bonds is 7. The first kappa shape index (κ1) is 14.4. The second-order valence-corrected chi connectivity index (χ2v) is 4.75. The predicted molar refractivity (Wildman–Crippen MR) is 80.8 cm³/mol. The van der Waals surface area contributed by atoms with Crippen molar-refractivity contribution >= 4 is 22.5 Å². The molecule has 0 fully saturated rings. The van der Waals surface area contributed by atoms with Crippen molar-refractivity contribution in [2.75, 3.05) is 25.5 Å². The molecule has 5 heteroatoms. The Bertz CT molecular complexity index is 578. The standard InChI is InChI=1S/C15H21N3O2/c1-2-7-20-8-3-6-17-15(19)14-10-11-9-12(16)4-5-13(11)18-14/h4-5,9-10,18H,2-3,6-8,16H2,1H3,(H,17,19). The summed E-state index contributed by atoms with van der Waals surface area (Å²) in [5, 5.41) is 3.82. The van der Waals surface area contributed by atoms with Crippen LogP contribution in [0.1, 0.15) is 30.3 Å². The van der Waals surface area contributed by atoms with Gasteiger partial charge in [0.05, 0.1) is 0 Å². The monoisotopic (exact) mass is 275 g/mol. The number of H-pyrrole nitrogens is 1. The average molecular weight is 275 g/mol. The van der Waals surface area contributed by atoms with E-state index in [9.17, 15) is 4.79 Å². The van der Waals surface area contributed by atoms with Crippen molar-refractivity contribution in [3.63, 3.8) is 0 Å². The maximum atomic E-state index is 12.0. The Hall–Kier alpha value is -2.01. The molecule has 0 atom stereocenters. The van der Waals surface area contributed by atoms with Crippen LogP contribution in [-0.2, 0) is 4.74 Å². The van der Waals surface area contributed by atoms with E-state index in [4.69, 9.17) is 10.5 Å². The largest absolute Gasteiger partial charge is 0.399 e. The van der Waals surface area contributed by atoms with Crippen LogP contribution >= 0.6 is 0 Å². The van der Waals surface area contributed by atoms with E-state index in [1.165, 1.54) is 0 Å². The highest BCUT2D eigenvalue weighted by Gasteiger charge is 2.08. The van der Waals surface area contributed by atoms with Gasteiger partial charge in [-0.3, -0.25) is 4.79 Å². The third-order valence-corrected chi connectivity index (χ3v) is 2.99. The topological polar surface area (TPSA) is 80.1 Å². The highest BCUT2D eigenvalue weighted by molar-refractivity contribution is 5.98. The minimum atomic E-state index is -0.102. The van der Waals surface area contributed by atoms with Crippen molar-refractivity contribution in [1.82, 2.24) is 10.3 Å². The molecular formula is C15H21N3O2. The number of nitrogen functional groups attached to an aromatic ring is 1. The Morgan fingerprint density at radius 3 is 3.00 bits per heavy atom. The van der Waals surface area contributed by atoms with Crippen molar-refractivity contribution in [2.45, 2.75) is 19.8 Å². The maximum Gasteiger partial charge on any atom is 0.267 e. The molecule has 0 aliphatic carbocycles. The third-order valence-electron chi connectivity index (χ3n) is 2.99. The normalized spacial score (nSPS) is 10.8. The second kappa shape index (κ2) is 6.96. The molecule has 0 saturated carbocycles. The van der Waals surface area contributed by atoms with Gasteiger partial charge >= 0.3 is 0 Å². The number of nitrogens with one attached hydrogen (secondary N) is 2. The van der Waals surface area contributed by atoms with Gasteiger partial charge < -0.3 is 20.8 Å². The van der Waals surface area contributed by atoms with E-state index in [1.807, 2.05) is 24.3 Å². The molecule has 1 aromatic carbocycles. The number of hydrogen-bond acceptors (Lipinski definition) is 3. The maximum absolute atomic E-state index is 12.0. The number of aromatic nitrogens is 1. The molecule has 0 aliphatic heterocycles. The second-order valence-electron chi connectivity index (χ2n) is 4.75. The molecule has 5 nitrogen and oxygen atoms in total. The van der Waals surface area contributed by atoms with Crippen molar-refractivity contribution in [2.24, 2.45) is 0 Å². The molecule has 0 aliphatic rings. The van der Waals surface area contributed by atoms with Gasteiger partial charge in [0.15, 0.2) is 0 Å². The smallest absolute Gasteiger partial charge is 0.267 e. The Labute approximate surface area is 118 Å². The molecule has 0 unspecified atom stereocenters. The Morgan fingerprint density at radius 1 is 1.35 bits per heavy atom. The number of amides is 1. The molecular weight excluding hydrogens is 254 g/mol. The number of aromatic amines is 1. The molecule has 1 amide bonds. The van der Waals surface area contributed by atoms with Crippen LogP contribution in [0.25, 0.3) is 10.9 Å². The van der Waals surface area contributed by atoms with Crippen LogP contribution in [-0.4, -0.2) is 30.6 Å². The van der Waals surface area contributed by atoms with Crippen LogP contribution in [0.4, 0.5) is 5.69 Å². The number of carbonyl (C=O) groups is 1. The van der Waals surface area contributed by atoms with Gasteiger partial charge in [-0.15, -0.1) is 0 Å². The molecule has 20 heavy (non-hydrogen) atoms. The van der Waals surface area contributed by atoms with E-state index < -0.39 is 0 Å². The molecule has 1 aromatic heterocycles. The molecule has 1 heterocycles.